The van der Waals surface area contributed by atoms with Crippen LogP contribution in [0.1, 0.15) is 12.5 Å². The largest absolute Gasteiger partial charge is 0.343 e. The predicted molar refractivity (Wildman–Crippen MR) is 95.0 cm³/mol. The minimum absolute atomic E-state index is 0.0850. The summed E-state index contributed by atoms with van der Waals surface area (Å²) < 4.78 is 15.1. The molecule has 3 heterocycles. The number of carbonyl (C=O) groups is 1. The van der Waals surface area contributed by atoms with Crippen molar-refractivity contribution in [3.8, 4) is 11.4 Å². The van der Waals surface area contributed by atoms with Crippen molar-refractivity contribution in [3.63, 3.8) is 0 Å². The summed E-state index contributed by atoms with van der Waals surface area (Å²) in [5.74, 6) is 0.558. The van der Waals surface area contributed by atoms with Gasteiger partial charge in [0.25, 0.3) is 0 Å². The molecule has 0 saturated carbocycles. The number of carbonyl (C=O) groups excluding carboxylic acids is 1. The molecule has 3 atom stereocenters. The zero-order chi connectivity index (χ0) is 17.6. The van der Waals surface area contributed by atoms with Crippen molar-refractivity contribution in [2.45, 2.75) is 31.4 Å². The molecule has 8 heteroatoms. The van der Waals surface area contributed by atoms with Gasteiger partial charge in [-0.15, -0.1) is 6.58 Å². The molecule has 2 fully saturated rings. The third-order valence-corrected chi connectivity index (χ3v) is 5.18. The van der Waals surface area contributed by atoms with Gasteiger partial charge in [-0.3, -0.25) is 9.36 Å². The van der Waals surface area contributed by atoms with Crippen LogP contribution in [-0.4, -0.2) is 39.1 Å². The predicted octanol–water partition coefficient (Wildman–Crippen LogP) is 3.18. The molecule has 1 aromatic carbocycles. The number of nitrogens with zero attached hydrogens (tertiary/aromatic N) is 3. The third kappa shape index (κ3) is 2.77. The lowest BCUT2D eigenvalue weighted by Gasteiger charge is -2.26. The van der Waals surface area contributed by atoms with Gasteiger partial charge in [0.05, 0.1) is 17.7 Å². The van der Waals surface area contributed by atoms with Crippen LogP contribution in [0.5, 0.6) is 0 Å². The fourth-order valence-corrected chi connectivity index (χ4v) is 3.79. The summed E-state index contributed by atoms with van der Waals surface area (Å²) in [6, 6.07) is 7.16. The molecule has 0 radical (unpaired) electrons. The van der Waals surface area contributed by atoms with Crippen molar-refractivity contribution >= 4 is 29.6 Å². The maximum atomic E-state index is 12.1. The SMILES string of the molecule is C=CCn1c(-c2ccccc2Cl)nn(C2CC(=O)C3OCC2O3)c1=S. The van der Waals surface area contributed by atoms with Gasteiger partial charge >= 0.3 is 0 Å². The fraction of sp³-hybridized carbons (Fsp3) is 0.353. The number of halogens is 1. The first-order valence-corrected chi connectivity index (χ1v) is 8.73. The van der Waals surface area contributed by atoms with Crippen LogP contribution >= 0.6 is 23.8 Å². The standard InChI is InChI=1S/C17H16ClN3O3S/c1-2-7-20-15(10-5-3-4-6-11(10)18)19-21(17(20)25)12-8-13(22)16-23-9-14(12)24-16/h2-6,12,14,16H,1,7-9H2. The molecule has 4 rings (SSSR count). The van der Waals surface area contributed by atoms with Crippen LogP contribution in [0.25, 0.3) is 11.4 Å². The second kappa shape index (κ2) is 6.49. The number of benzene rings is 1. The van der Waals surface area contributed by atoms with Gasteiger partial charge in [0.15, 0.2) is 16.4 Å². The first kappa shape index (κ1) is 16.7. The number of rotatable bonds is 4. The average Bonchev–Trinajstić information content (AvgIpc) is 3.17. The van der Waals surface area contributed by atoms with Gasteiger partial charge in [-0.25, -0.2) is 4.68 Å². The van der Waals surface area contributed by atoms with E-state index in [9.17, 15) is 4.79 Å². The number of hydrogen-bond donors (Lipinski definition) is 0. The Morgan fingerprint density at radius 2 is 2.24 bits per heavy atom. The molecule has 2 bridgehead atoms. The third-order valence-electron chi connectivity index (χ3n) is 4.44. The van der Waals surface area contributed by atoms with E-state index in [0.29, 0.717) is 28.8 Å². The average molecular weight is 378 g/mol. The molecule has 0 N–H and O–H groups in total. The highest BCUT2D eigenvalue weighted by atomic mass is 35.5. The summed E-state index contributed by atoms with van der Waals surface area (Å²) in [5.41, 5.74) is 0.777. The van der Waals surface area contributed by atoms with Gasteiger partial charge in [0.2, 0.25) is 6.29 Å². The van der Waals surface area contributed by atoms with Crippen molar-refractivity contribution in [1.82, 2.24) is 14.3 Å². The second-order valence-corrected chi connectivity index (χ2v) is 6.78. The van der Waals surface area contributed by atoms with E-state index in [4.69, 9.17) is 33.3 Å². The number of aromatic nitrogens is 3. The second-order valence-electron chi connectivity index (χ2n) is 6.01. The fourth-order valence-electron chi connectivity index (χ4n) is 3.23. The van der Waals surface area contributed by atoms with E-state index in [1.165, 1.54) is 0 Å². The van der Waals surface area contributed by atoms with E-state index in [1.807, 2.05) is 22.8 Å². The van der Waals surface area contributed by atoms with E-state index in [1.54, 1.807) is 16.8 Å². The van der Waals surface area contributed by atoms with Crippen LogP contribution < -0.4 is 0 Å². The Labute approximate surface area is 154 Å². The Morgan fingerprint density at radius 1 is 1.44 bits per heavy atom. The maximum Gasteiger partial charge on any atom is 0.218 e. The monoisotopic (exact) mass is 377 g/mol. The highest BCUT2D eigenvalue weighted by Crippen LogP contribution is 2.34. The number of allylic oxidation sites excluding steroid dienone is 1. The molecule has 2 aliphatic heterocycles. The number of Topliss-reactive ketones (excluding diaryl/α,β-unsaturated/α-hetero) is 1. The summed E-state index contributed by atoms with van der Waals surface area (Å²) in [4.78, 5) is 12.1. The minimum atomic E-state index is -0.742. The zero-order valence-corrected chi connectivity index (χ0v) is 14.9. The Bertz CT molecular complexity index is 907. The zero-order valence-electron chi connectivity index (χ0n) is 13.3. The molecule has 2 saturated heterocycles. The molecular formula is C17H16ClN3O3S. The first-order valence-electron chi connectivity index (χ1n) is 7.95. The smallest absolute Gasteiger partial charge is 0.218 e. The van der Waals surface area contributed by atoms with Crippen molar-refractivity contribution in [3.05, 3.63) is 46.7 Å². The van der Waals surface area contributed by atoms with Crippen molar-refractivity contribution in [2.75, 3.05) is 6.61 Å². The van der Waals surface area contributed by atoms with Crippen molar-refractivity contribution in [1.29, 1.82) is 0 Å². The molecule has 2 aromatic rings. The van der Waals surface area contributed by atoms with Crippen molar-refractivity contribution < 1.29 is 14.3 Å². The Kier molecular flexibility index (Phi) is 4.33. The summed E-state index contributed by atoms with van der Waals surface area (Å²) in [6.45, 7) is 4.64. The van der Waals surface area contributed by atoms with E-state index in [0.717, 1.165) is 5.56 Å². The molecule has 2 aliphatic rings. The van der Waals surface area contributed by atoms with E-state index >= 15 is 0 Å². The summed E-state index contributed by atoms with van der Waals surface area (Å²) in [7, 11) is 0. The molecule has 0 aliphatic carbocycles. The lowest BCUT2D eigenvalue weighted by atomic mass is 10.0. The summed E-state index contributed by atoms with van der Waals surface area (Å²) in [5, 5.41) is 5.27. The van der Waals surface area contributed by atoms with Crippen LogP contribution in [-0.2, 0) is 20.8 Å². The molecule has 25 heavy (non-hydrogen) atoms. The van der Waals surface area contributed by atoms with Crippen LogP contribution in [0, 0.1) is 4.77 Å². The van der Waals surface area contributed by atoms with Gasteiger partial charge in [0.1, 0.15) is 6.10 Å². The molecule has 130 valence electrons. The van der Waals surface area contributed by atoms with E-state index in [2.05, 4.69) is 11.7 Å². The highest BCUT2D eigenvalue weighted by molar-refractivity contribution is 7.71. The summed E-state index contributed by atoms with van der Waals surface area (Å²) >= 11 is 12.0. The van der Waals surface area contributed by atoms with Gasteiger partial charge in [0, 0.05) is 18.5 Å². The topological polar surface area (TPSA) is 58.3 Å². The van der Waals surface area contributed by atoms with E-state index in [-0.39, 0.29) is 24.3 Å². The molecule has 1 aromatic heterocycles. The summed E-state index contributed by atoms with van der Waals surface area (Å²) in [6.07, 6.45) is 1.06. The molecule has 6 nitrogen and oxygen atoms in total. The van der Waals surface area contributed by atoms with Gasteiger partial charge in [-0.1, -0.05) is 29.8 Å². The van der Waals surface area contributed by atoms with Gasteiger partial charge in [-0.05, 0) is 24.4 Å². The number of ketones is 1. The molecular weight excluding hydrogens is 362 g/mol. The number of hydrogen-bond acceptors (Lipinski definition) is 5. The number of fused-ring (bicyclic) bond motifs is 2. The lowest BCUT2D eigenvalue weighted by Crippen LogP contribution is -2.37. The lowest BCUT2D eigenvalue weighted by molar-refractivity contribution is -0.156. The Morgan fingerprint density at radius 3 is 3.00 bits per heavy atom. The Balaban J connectivity index is 1.83. The normalized spacial score (nSPS) is 25.3. The van der Waals surface area contributed by atoms with Gasteiger partial charge < -0.3 is 9.47 Å². The van der Waals surface area contributed by atoms with E-state index < -0.39 is 6.29 Å². The minimum Gasteiger partial charge on any atom is -0.343 e. The number of ether oxygens (including phenoxy) is 2. The van der Waals surface area contributed by atoms with Crippen molar-refractivity contribution in [2.24, 2.45) is 0 Å². The quantitative estimate of drug-likeness (QED) is 0.605. The molecule has 3 unspecified atom stereocenters. The van der Waals surface area contributed by atoms with Crippen LogP contribution in [0.2, 0.25) is 5.02 Å². The van der Waals surface area contributed by atoms with Crippen LogP contribution in [0.15, 0.2) is 36.9 Å². The first-order chi connectivity index (χ1) is 12.1. The molecule has 0 spiro atoms. The molecule has 0 amide bonds. The Hall–Kier alpha value is -1.80. The van der Waals surface area contributed by atoms with Crippen LogP contribution in [0.4, 0.5) is 0 Å². The van der Waals surface area contributed by atoms with Crippen LogP contribution in [0.3, 0.4) is 0 Å². The maximum absolute atomic E-state index is 12.1. The van der Waals surface area contributed by atoms with Gasteiger partial charge in [-0.2, -0.15) is 5.10 Å². The highest BCUT2D eigenvalue weighted by Gasteiger charge is 2.45.